The van der Waals surface area contributed by atoms with Crippen molar-refractivity contribution in [3.05, 3.63) is 82.2 Å². The number of nitro groups is 1. The third kappa shape index (κ3) is 4.63. The van der Waals surface area contributed by atoms with Gasteiger partial charge in [-0.3, -0.25) is 10.1 Å². The van der Waals surface area contributed by atoms with Crippen molar-refractivity contribution in [2.75, 3.05) is 0 Å². The molecule has 1 atom stereocenters. The first kappa shape index (κ1) is 18.0. The summed E-state index contributed by atoms with van der Waals surface area (Å²) in [6, 6.07) is 15.0. The maximum atomic E-state index is 11.9. The van der Waals surface area contributed by atoms with E-state index in [0.717, 1.165) is 5.56 Å². The number of ether oxygens (including phenoxy) is 1. The molecule has 0 aliphatic rings. The number of hydrogen-bond acceptors (Lipinski definition) is 7. The average Bonchev–Trinajstić information content (AvgIpc) is 3.18. The summed E-state index contributed by atoms with van der Waals surface area (Å²) >= 11 is 0. The quantitative estimate of drug-likeness (QED) is 0.281. The molecule has 136 valence electrons. The Morgan fingerprint density at radius 3 is 2.52 bits per heavy atom. The number of carbonyl (C=O) groups excluding carboxylic acids is 1. The predicted octanol–water partition coefficient (Wildman–Crippen LogP) is 3.96. The van der Waals surface area contributed by atoms with Gasteiger partial charge in [-0.05, 0) is 42.8 Å². The van der Waals surface area contributed by atoms with Crippen molar-refractivity contribution >= 4 is 17.7 Å². The number of nitro benzene ring substituents is 1. The Morgan fingerprint density at radius 1 is 1.15 bits per heavy atom. The minimum Gasteiger partial charge on any atom is -0.449 e. The Labute approximate surface area is 154 Å². The van der Waals surface area contributed by atoms with Crippen LogP contribution in [0.4, 0.5) is 5.69 Å². The van der Waals surface area contributed by atoms with E-state index in [4.69, 9.17) is 9.15 Å². The molecule has 0 radical (unpaired) electrons. The Hall–Kier alpha value is -3.81. The molecule has 0 amide bonds. The maximum Gasteiger partial charge on any atom is 0.331 e. The number of esters is 1. The second kappa shape index (κ2) is 8.05. The van der Waals surface area contributed by atoms with E-state index in [-0.39, 0.29) is 11.6 Å². The van der Waals surface area contributed by atoms with E-state index in [1.165, 1.54) is 36.4 Å². The van der Waals surface area contributed by atoms with Gasteiger partial charge in [0.05, 0.1) is 4.92 Å². The van der Waals surface area contributed by atoms with Crippen molar-refractivity contribution in [3.63, 3.8) is 0 Å². The molecule has 8 nitrogen and oxygen atoms in total. The summed E-state index contributed by atoms with van der Waals surface area (Å²) in [7, 11) is 0. The van der Waals surface area contributed by atoms with E-state index in [1.54, 1.807) is 6.92 Å². The molecule has 1 aromatic heterocycles. The lowest BCUT2D eigenvalue weighted by atomic mass is 10.2. The molecule has 0 fully saturated rings. The number of hydrogen-bond donors (Lipinski definition) is 0. The molecular formula is C19H15N3O5. The minimum atomic E-state index is -0.719. The Balaban J connectivity index is 1.60. The molecule has 0 unspecified atom stereocenters. The zero-order chi connectivity index (χ0) is 19.2. The fourth-order valence-electron chi connectivity index (χ4n) is 2.23. The number of nitrogens with zero attached hydrogens (tertiary/aromatic N) is 3. The summed E-state index contributed by atoms with van der Waals surface area (Å²) in [6.07, 6.45) is 2.01. The Kier molecular flexibility index (Phi) is 5.36. The fourth-order valence-corrected chi connectivity index (χ4v) is 2.23. The molecule has 0 aliphatic carbocycles. The first-order valence-electron chi connectivity index (χ1n) is 8.05. The van der Waals surface area contributed by atoms with Gasteiger partial charge in [-0.25, -0.2) is 4.79 Å². The molecule has 0 saturated heterocycles. The highest BCUT2D eigenvalue weighted by Crippen LogP contribution is 2.22. The summed E-state index contributed by atoms with van der Waals surface area (Å²) in [5, 5.41) is 18.5. The van der Waals surface area contributed by atoms with Crippen LogP contribution in [0.2, 0.25) is 0 Å². The van der Waals surface area contributed by atoms with Gasteiger partial charge < -0.3 is 9.15 Å². The van der Waals surface area contributed by atoms with Crippen molar-refractivity contribution in [3.8, 4) is 11.5 Å². The highest BCUT2D eigenvalue weighted by molar-refractivity contribution is 5.87. The lowest BCUT2D eigenvalue weighted by Gasteiger charge is -2.06. The zero-order valence-electron chi connectivity index (χ0n) is 14.3. The monoisotopic (exact) mass is 365 g/mol. The lowest BCUT2D eigenvalue weighted by Crippen LogP contribution is -2.06. The summed E-state index contributed by atoms with van der Waals surface area (Å²) in [6.45, 7) is 1.62. The Morgan fingerprint density at radius 2 is 1.85 bits per heavy atom. The van der Waals surface area contributed by atoms with Crippen LogP contribution in [0, 0.1) is 10.1 Å². The molecule has 0 spiro atoms. The molecule has 0 N–H and O–H groups in total. The van der Waals surface area contributed by atoms with Crippen LogP contribution in [0.3, 0.4) is 0 Å². The second-order valence-corrected chi connectivity index (χ2v) is 5.57. The molecule has 27 heavy (non-hydrogen) atoms. The van der Waals surface area contributed by atoms with Crippen molar-refractivity contribution in [1.82, 2.24) is 10.2 Å². The summed E-state index contributed by atoms with van der Waals surface area (Å²) in [5.74, 6) is -0.0684. The molecule has 2 aromatic carbocycles. The number of non-ortho nitro benzene ring substituents is 1. The number of rotatable bonds is 6. The largest absolute Gasteiger partial charge is 0.449 e. The van der Waals surface area contributed by atoms with Gasteiger partial charge in [-0.2, -0.15) is 0 Å². The SMILES string of the molecule is C[C@H](OC(=O)/C=C/c1ccc([N+](=O)[O-])cc1)c1nnc(-c2ccccc2)o1. The van der Waals surface area contributed by atoms with E-state index >= 15 is 0 Å². The van der Waals surface area contributed by atoms with Crippen LogP contribution in [0.25, 0.3) is 17.5 Å². The van der Waals surface area contributed by atoms with E-state index in [2.05, 4.69) is 10.2 Å². The second-order valence-electron chi connectivity index (χ2n) is 5.57. The van der Waals surface area contributed by atoms with Gasteiger partial charge in [0, 0.05) is 23.8 Å². The first-order valence-corrected chi connectivity index (χ1v) is 8.05. The van der Waals surface area contributed by atoms with E-state index < -0.39 is 17.0 Å². The van der Waals surface area contributed by atoms with Crippen LogP contribution in [-0.2, 0) is 9.53 Å². The van der Waals surface area contributed by atoms with Gasteiger partial charge in [0.2, 0.25) is 5.89 Å². The van der Waals surface area contributed by atoms with Crippen LogP contribution in [0.15, 0.2) is 65.1 Å². The smallest absolute Gasteiger partial charge is 0.331 e. The van der Waals surface area contributed by atoms with Crippen molar-refractivity contribution in [2.24, 2.45) is 0 Å². The third-order valence-corrected chi connectivity index (χ3v) is 3.62. The molecule has 0 saturated carbocycles. The van der Waals surface area contributed by atoms with Gasteiger partial charge in [0.1, 0.15) is 0 Å². The molecule has 1 heterocycles. The molecule has 0 aliphatic heterocycles. The summed E-state index contributed by atoms with van der Waals surface area (Å²) < 4.78 is 10.8. The van der Waals surface area contributed by atoms with Crippen molar-refractivity contribution in [2.45, 2.75) is 13.0 Å². The molecule has 8 heteroatoms. The average molecular weight is 365 g/mol. The number of benzene rings is 2. The highest BCUT2D eigenvalue weighted by atomic mass is 16.6. The Bertz CT molecular complexity index is 965. The molecule has 3 rings (SSSR count). The molecular weight excluding hydrogens is 350 g/mol. The normalized spacial score (nSPS) is 12.0. The van der Waals surface area contributed by atoms with Crippen LogP contribution in [0.1, 0.15) is 24.5 Å². The van der Waals surface area contributed by atoms with Gasteiger partial charge >= 0.3 is 5.97 Å². The molecule has 3 aromatic rings. The summed E-state index contributed by atoms with van der Waals surface area (Å²) in [5.41, 5.74) is 1.39. The van der Waals surface area contributed by atoms with Gasteiger partial charge in [-0.1, -0.05) is 18.2 Å². The summed E-state index contributed by atoms with van der Waals surface area (Å²) in [4.78, 5) is 22.1. The number of carbonyl (C=O) groups is 1. The standard InChI is InChI=1S/C19H15N3O5/c1-13(18-20-21-19(27-18)15-5-3-2-4-6-15)26-17(23)12-9-14-7-10-16(11-8-14)22(24)25/h2-13H,1H3/b12-9+/t13-/m0/s1. The lowest BCUT2D eigenvalue weighted by molar-refractivity contribution is -0.384. The van der Waals surface area contributed by atoms with Gasteiger partial charge in [-0.15, -0.1) is 10.2 Å². The van der Waals surface area contributed by atoms with E-state index in [0.29, 0.717) is 11.5 Å². The van der Waals surface area contributed by atoms with Crippen molar-refractivity contribution < 1.29 is 18.9 Å². The predicted molar refractivity (Wildman–Crippen MR) is 96.4 cm³/mol. The van der Waals surface area contributed by atoms with Crippen LogP contribution in [-0.4, -0.2) is 21.1 Å². The third-order valence-electron chi connectivity index (χ3n) is 3.62. The first-order chi connectivity index (χ1) is 13.0. The zero-order valence-corrected chi connectivity index (χ0v) is 14.3. The van der Waals surface area contributed by atoms with Crippen LogP contribution >= 0.6 is 0 Å². The molecule has 0 bridgehead atoms. The van der Waals surface area contributed by atoms with Crippen molar-refractivity contribution in [1.29, 1.82) is 0 Å². The minimum absolute atomic E-state index is 0.0195. The van der Waals surface area contributed by atoms with Crippen LogP contribution < -0.4 is 0 Å². The maximum absolute atomic E-state index is 11.9. The highest BCUT2D eigenvalue weighted by Gasteiger charge is 2.18. The fraction of sp³-hybridized carbons (Fsp3) is 0.105. The topological polar surface area (TPSA) is 108 Å². The van der Waals surface area contributed by atoms with Crippen LogP contribution in [0.5, 0.6) is 0 Å². The van der Waals surface area contributed by atoms with Gasteiger partial charge in [0.25, 0.3) is 11.6 Å². The number of aromatic nitrogens is 2. The van der Waals surface area contributed by atoms with E-state index in [1.807, 2.05) is 30.3 Å². The van der Waals surface area contributed by atoms with E-state index in [9.17, 15) is 14.9 Å². The van der Waals surface area contributed by atoms with Gasteiger partial charge in [0.15, 0.2) is 6.10 Å².